The predicted octanol–water partition coefficient (Wildman–Crippen LogP) is 2.20. The largest absolute Gasteiger partial charge is 0.370 e. The summed E-state index contributed by atoms with van der Waals surface area (Å²) in [6.45, 7) is 0.704. The summed E-state index contributed by atoms with van der Waals surface area (Å²) < 4.78 is 0. The lowest BCUT2D eigenvalue weighted by molar-refractivity contribution is 0.307. The van der Waals surface area contributed by atoms with Crippen LogP contribution >= 0.6 is 11.3 Å². The lowest BCUT2D eigenvalue weighted by atomic mass is 10.1. The standard InChI is InChI=1S/C14H24N4S/c1-18(2)13(11-7-8-19-10-11)9-16-14(15)17-12-5-3-4-6-12/h7-8,10,12-13H,3-6,9H2,1-2H3,(H3,15,16,17). The van der Waals surface area contributed by atoms with Crippen molar-refractivity contribution in [2.75, 3.05) is 20.6 Å². The van der Waals surface area contributed by atoms with Crippen molar-refractivity contribution in [3.8, 4) is 0 Å². The monoisotopic (exact) mass is 280 g/mol. The van der Waals surface area contributed by atoms with Gasteiger partial charge in [-0.3, -0.25) is 4.99 Å². The minimum absolute atomic E-state index is 0.301. The van der Waals surface area contributed by atoms with Crippen LogP contribution in [-0.4, -0.2) is 37.5 Å². The number of likely N-dealkylation sites (N-methyl/N-ethyl adjacent to an activating group) is 1. The molecule has 1 aromatic rings. The molecule has 1 fully saturated rings. The number of nitrogens with zero attached hydrogens (tertiary/aromatic N) is 2. The maximum absolute atomic E-state index is 5.98. The van der Waals surface area contributed by atoms with E-state index in [1.807, 2.05) is 0 Å². The van der Waals surface area contributed by atoms with Crippen molar-refractivity contribution >= 4 is 17.3 Å². The number of hydrogen-bond donors (Lipinski definition) is 2. The Morgan fingerprint density at radius 2 is 2.26 bits per heavy atom. The normalized spacial score (nSPS) is 19.0. The Morgan fingerprint density at radius 1 is 1.53 bits per heavy atom. The van der Waals surface area contributed by atoms with Gasteiger partial charge in [0.25, 0.3) is 0 Å². The topological polar surface area (TPSA) is 53.6 Å². The highest BCUT2D eigenvalue weighted by Crippen LogP contribution is 2.21. The highest BCUT2D eigenvalue weighted by molar-refractivity contribution is 7.07. The number of guanidine groups is 1. The van der Waals surface area contributed by atoms with Crippen molar-refractivity contribution in [1.82, 2.24) is 10.2 Å². The van der Waals surface area contributed by atoms with E-state index in [4.69, 9.17) is 5.73 Å². The van der Waals surface area contributed by atoms with Crippen LogP contribution in [0, 0.1) is 0 Å². The maximum atomic E-state index is 5.98. The summed E-state index contributed by atoms with van der Waals surface area (Å²) >= 11 is 1.72. The van der Waals surface area contributed by atoms with Crippen molar-refractivity contribution in [2.24, 2.45) is 10.7 Å². The van der Waals surface area contributed by atoms with Crippen LogP contribution in [-0.2, 0) is 0 Å². The molecule has 0 spiro atoms. The lowest BCUT2D eigenvalue weighted by Crippen LogP contribution is -2.39. The molecule has 0 aromatic carbocycles. The van der Waals surface area contributed by atoms with Gasteiger partial charge in [-0.1, -0.05) is 12.8 Å². The molecule has 1 aliphatic carbocycles. The van der Waals surface area contributed by atoms with E-state index >= 15 is 0 Å². The van der Waals surface area contributed by atoms with Crippen LogP contribution in [0.1, 0.15) is 37.3 Å². The minimum Gasteiger partial charge on any atom is -0.370 e. The molecule has 5 heteroatoms. The first kappa shape index (κ1) is 14.3. The summed E-state index contributed by atoms with van der Waals surface area (Å²) in [5.41, 5.74) is 7.29. The molecule has 0 bridgehead atoms. The third-order valence-corrected chi connectivity index (χ3v) is 4.39. The molecule has 1 atom stereocenters. The van der Waals surface area contributed by atoms with Gasteiger partial charge >= 0.3 is 0 Å². The van der Waals surface area contributed by atoms with Crippen LogP contribution in [0.25, 0.3) is 0 Å². The first-order valence-corrected chi connectivity index (χ1v) is 7.86. The molecule has 1 aromatic heterocycles. The van der Waals surface area contributed by atoms with Gasteiger partial charge in [0.05, 0.1) is 12.6 Å². The fourth-order valence-corrected chi connectivity index (χ4v) is 3.25. The smallest absolute Gasteiger partial charge is 0.188 e. The number of rotatable bonds is 5. The SMILES string of the molecule is CN(C)C(CN=C(N)NC1CCCC1)c1ccsc1. The van der Waals surface area contributed by atoms with Gasteiger partial charge < -0.3 is 16.0 Å². The van der Waals surface area contributed by atoms with Crippen LogP contribution in [0.5, 0.6) is 0 Å². The van der Waals surface area contributed by atoms with Gasteiger partial charge in [-0.15, -0.1) is 0 Å². The second kappa shape index (κ2) is 6.91. The van der Waals surface area contributed by atoms with E-state index < -0.39 is 0 Å². The summed E-state index contributed by atoms with van der Waals surface area (Å²) in [7, 11) is 4.16. The van der Waals surface area contributed by atoms with Crippen molar-refractivity contribution in [3.63, 3.8) is 0 Å². The van der Waals surface area contributed by atoms with Crippen molar-refractivity contribution in [1.29, 1.82) is 0 Å². The molecule has 3 N–H and O–H groups in total. The quantitative estimate of drug-likeness (QED) is 0.642. The Bertz CT molecular complexity index is 394. The van der Waals surface area contributed by atoms with Crippen molar-refractivity contribution in [3.05, 3.63) is 22.4 Å². The molecule has 0 aliphatic heterocycles. The third-order valence-electron chi connectivity index (χ3n) is 3.69. The fourth-order valence-electron chi connectivity index (χ4n) is 2.54. The maximum Gasteiger partial charge on any atom is 0.188 e. The number of aliphatic imine (C=N–C) groups is 1. The van der Waals surface area contributed by atoms with Crippen molar-refractivity contribution in [2.45, 2.75) is 37.8 Å². The van der Waals surface area contributed by atoms with Crippen LogP contribution in [0.2, 0.25) is 0 Å². The number of nitrogens with two attached hydrogens (primary N) is 1. The molecule has 4 nitrogen and oxygen atoms in total. The molecule has 19 heavy (non-hydrogen) atoms. The van der Waals surface area contributed by atoms with E-state index in [0.717, 1.165) is 0 Å². The Labute approximate surface area is 119 Å². The Kier molecular flexibility index (Phi) is 5.22. The number of thiophene rings is 1. The first-order chi connectivity index (χ1) is 9.16. The van der Waals surface area contributed by atoms with Gasteiger partial charge in [-0.05, 0) is 49.3 Å². The molecule has 0 amide bonds. The Morgan fingerprint density at radius 3 is 2.84 bits per heavy atom. The van der Waals surface area contributed by atoms with Gasteiger partial charge in [0.1, 0.15) is 0 Å². The molecule has 1 aliphatic rings. The highest BCUT2D eigenvalue weighted by atomic mass is 32.1. The molecular formula is C14H24N4S. The van der Waals surface area contributed by atoms with E-state index in [-0.39, 0.29) is 0 Å². The molecule has 106 valence electrons. The van der Waals surface area contributed by atoms with Gasteiger partial charge in [0.15, 0.2) is 5.96 Å². The average molecular weight is 280 g/mol. The second-order valence-corrected chi connectivity index (χ2v) is 6.17. The average Bonchev–Trinajstić information content (AvgIpc) is 3.01. The molecule has 1 saturated carbocycles. The molecule has 1 heterocycles. The number of hydrogen-bond acceptors (Lipinski definition) is 3. The minimum atomic E-state index is 0.301. The van der Waals surface area contributed by atoms with E-state index in [1.165, 1.54) is 31.2 Å². The summed E-state index contributed by atoms with van der Waals surface area (Å²) in [5.74, 6) is 0.592. The van der Waals surface area contributed by atoms with Crippen LogP contribution in [0.4, 0.5) is 0 Å². The fraction of sp³-hybridized carbons (Fsp3) is 0.643. The zero-order chi connectivity index (χ0) is 13.7. The molecule has 2 rings (SSSR count). The molecular weight excluding hydrogens is 256 g/mol. The van der Waals surface area contributed by atoms with E-state index in [9.17, 15) is 0 Å². The van der Waals surface area contributed by atoms with Crippen LogP contribution in [0.15, 0.2) is 21.8 Å². The molecule has 1 unspecified atom stereocenters. The Hall–Kier alpha value is -1.07. The zero-order valence-corrected chi connectivity index (χ0v) is 12.6. The van der Waals surface area contributed by atoms with E-state index in [2.05, 4.69) is 46.1 Å². The van der Waals surface area contributed by atoms with Gasteiger partial charge in [-0.25, -0.2) is 0 Å². The number of nitrogens with one attached hydrogen (secondary N) is 1. The first-order valence-electron chi connectivity index (χ1n) is 6.92. The van der Waals surface area contributed by atoms with Crippen LogP contribution in [0.3, 0.4) is 0 Å². The van der Waals surface area contributed by atoms with Gasteiger partial charge in [0.2, 0.25) is 0 Å². The van der Waals surface area contributed by atoms with Crippen molar-refractivity contribution < 1.29 is 0 Å². The van der Waals surface area contributed by atoms with E-state index in [1.54, 1.807) is 11.3 Å². The summed E-state index contributed by atoms with van der Waals surface area (Å²) in [6, 6.07) is 2.99. The molecule has 0 radical (unpaired) electrons. The highest BCUT2D eigenvalue weighted by Gasteiger charge is 2.16. The van der Waals surface area contributed by atoms with E-state index in [0.29, 0.717) is 24.6 Å². The summed E-state index contributed by atoms with van der Waals surface area (Å²) in [4.78, 5) is 6.70. The summed E-state index contributed by atoms with van der Waals surface area (Å²) in [6.07, 6.45) is 5.05. The molecule has 0 saturated heterocycles. The van der Waals surface area contributed by atoms with Gasteiger partial charge in [-0.2, -0.15) is 11.3 Å². The zero-order valence-electron chi connectivity index (χ0n) is 11.8. The second-order valence-electron chi connectivity index (χ2n) is 5.39. The summed E-state index contributed by atoms with van der Waals surface area (Å²) in [5, 5.41) is 7.62. The van der Waals surface area contributed by atoms with Crippen LogP contribution < -0.4 is 11.1 Å². The van der Waals surface area contributed by atoms with Gasteiger partial charge in [0, 0.05) is 6.04 Å². The predicted molar refractivity (Wildman–Crippen MR) is 82.6 cm³/mol. The lowest BCUT2D eigenvalue weighted by Gasteiger charge is -2.22. The Balaban J connectivity index is 1.90. The third kappa shape index (κ3) is 4.21.